The molecular formula is C31H36ClN3O3S. The normalized spacial score (nSPS) is 14.6. The molecule has 206 valence electrons. The highest BCUT2D eigenvalue weighted by molar-refractivity contribution is 7.85. The smallest absolute Gasteiger partial charge is 0.259 e. The molecule has 0 saturated heterocycles. The highest BCUT2D eigenvalue weighted by atomic mass is 35.5. The van der Waals surface area contributed by atoms with E-state index in [2.05, 4.69) is 24.1 Å². The molecule has 1 atom stereocenters. The van der Waals surface area contributed by atoms with E-state index in [4.69, 9.17) is 11.6 Å². The number of carbonyl (C=O) groups is 2. The molecule has 0 fully saturated rings. The van der Waals surface area contributed by atoms with Crippen molar-refractivity contribution in [2.24, 2.45) is 0 Å². The summed E-state index contributed by atoms with van der Waals surface area (Å²) in [4.78, 5) is 31.9. The van der Waals surface area contributed by atoms with Crippen molar-refractivity contribution in [3.8, 4) is 0 Å². The number of halogens is 1. The van der Waals surface area contributed by atoms with E-state index in [9.17, 15) is 13.8 Å². The number of benzene rings is 3. The quantitative estimate of drug-likeness (QED) is 0.280. The molecule has 1 aliphatic heterocycles. The Hall–Kier alpha value is -3.00. The number of hydrogen-bond donors (Lipinski definition) is 1. The molecule has 0 aliphatic carbocycles. The number of fused-ring (bicyclic) bond motifs is 2. The number of nitrogens with zero attached hydrogens (tertiary/aromatic N) is 2. The van der Waals surface area contributed by atoms with Crippen molar-refractivity contribution in [2.75, 3.05) is 31.1 Å². The second-order valence-corrected chi connectivity index (χ2v) is 11.6. The average Bonchev–Trinajstić information content (AvgIpc) is 3.03. The summed E-state index contributed by atoms with van der Waals surface area (Å²) in [6.45, 7) is 7.97. The number of hydrogen-bond acceptors (Lipinski definition) is 4. The number of rotatable bonds is 12. The predicted octanol–water partition coefficient (Wildman–Crippen LogP) is 6.30. The predicted molar refractivity (Wildman–Crippen MR) is 158 cm³/mol. The van der Waals surface area contributed by atoms with Gasteiger partial charge >= 0.3 is 0 Å². The molecule has 1 aliphatic rings. The van der Waals surface area contributed by atoms with E-state index in [1.54, 1.807) is 53.4 Å². The fraction of sp³-hybridized carbons (Fsp3) is 0.355. The third-order valence-electron chi connectivity index (χ3n) is 6.87. The van der Waals surface area contributed by atoms with Crippen molar-refractivity contribution in [3.05, 3.63) is 88.4 Å². The molecule has 0 radical (unpaired) electrons. The maximum atomic E-state index is 13.8. The van der Waals surface area contributed by atoms with Crippen LogP contribution in [0, 0.1) is 0 Å². The molecule has 1 N–H and O–H groups in total. The van der Waals surface area contributed by atoms with Gasteiger partial charge in [-0.25, -0.2) is 4.21 Å². The van der Waals surface area contributed by atoms with E-state index >= 15 is 0 Å². The van der Waals surface area contributed by atoms with Crippen molar-refractivity contribution >= 4 is 39.9 Å². The Kier molecular flexibility index (Phi) is 10.3. The zero-order valence-corrected chi connectivity index (χ0v) is 24.2. The number of anilines is 1. The molecule has 4 rings (SSSR count). The maximum Gasteiger partial charge on any atom is 0.259 e. The second kappa shape index (κ2) is 13.9. The number of nitrogens with one attached hydrogen (secondary N) is 1. The third kappa shape index (κ3) is 7.15. The van der Waals surface area contributed by atoms with E-state index in [1.165, 1.54) is 0 Å². The van der Waals surface area contributed by atoms with Gasteiger partial charge in [-0.3, -0.25) is 9.59 Å². The molecule has 3 aromatic rings. The molecule has 6 nitrogen and oxygen atoms in total. The van der Waals surface area contributed by atoms with Gasteiger partial charge in [0, 0.05) is 23.7 Å². The summed E-state index contributed by atoms with van der Waals surface area (Å²) in [6, 6.07) is 19.4. The first kappa shape index (κ1) is 29.0. The lowest BCUT2D eigenvalue weighted by atomic mass is 10.1. The lowest BCUT2D eigenvalue weighted by Gasteiger charge is -2.24. The van der Waals surface area contributed by atoms with Crippen LogP contribution in [0.1, 0.15) is 65.8 Å². The number of carbonyl (C=O) groups excluding carboxylic acids is 2. The Bertz CT molecular complexity index is 1340. The van der Waals surface area contributed by atoms with Gasteiger partial charge in [-0.2, -0.15) is 0 Å². The van der Waals surface area contributed by atoms with Gasteiger partial charge in [-0.1, -0.05) is 62.6 Å². The van der Waals surface area contributed by atoms with Crippen LogP contribution in [-0.4, -0.2) is 47.1 Å². The van der Waals surface area contributed by atoms with Gasteiger partial charge in [0.1, 0.15) is 0 Å². The van der Waals surface area contributed by atoms with Crippen molar-refractivity contribution in [1.29, 1.82) is 0 Å². The molecule has 39 heavy (non-hydrogen) atoms. The summed E-state index contributed by atoms with van der Waals surface area (Å²) in [5.41, 5.74) is 2.12. The van der Waals surface area contributed by atoms with Crippen LogP contribution in [0.5, 0.6) is 0 Å². The standard InChI is InChI=1S/C31H36ClN3O3S/c1-3-5-17-34(18-6-4-2)19-16-33-30(36)24-14-15-29-27(21-24)35(22-23-10-9-11-25(32)20-23)31(37)26-12-7-8-13-28(26)39(29)38/h7-15,20-21H,3-6,16-19,22H2,1-2H3,(H,33,36). The van der Waals surface area contributed by atoms with Gasteiger partial charge < -0.3 is 15.1 Å². The molecule has 0 aromatic heterocycles. The summed E-state index contributed by atoms with van der Waals surface area (Å²) in [7, 11) is -1.58. The van der Waals surface area contributed by atoms with Crippen LogP contribution in [0.3, 0.4) is 0 Å². The highest BCUT2D eigenvalue weighted by Crippen LogP contribution is 2.36. The van der Waals surface area contributed by atoms with Gasteiger partial charge in [0.15, 0.2) is 0 Å². The van der Waals surface area contributed by atoms with E-state index in [0.29, 0.717) is 38.2 Å². The van der Waals surface area contributed by atoms with Crippen LogP contribution >= 0.6 is 11.6 Å². The van der Waals surface area contributed by atoms with Gasteiger partial charge in [-0.05, 0) is 74.0 Å². The minimum Gasteiger partial charge on any atom is -0.351 e. The van der Waals surface area contributed by atoms with Crippen LogP contribution in [0.4, 0.5) is 5.69 Å². The topological polar surface area (TPSA) is 69.7 Å². The van der Waals surface area contributed by atoms with Crippen LogP contribution in [0.2, 0.25) is 5.02 Å². The Morgan fingerprint density at radius 1 is 0.923 bits per heavy atom. The Balaban J connectivity index is 1.60. The van der Waals surface area contributed by atoms with Crippen LogP contribution in [-0.2, 0) is 17.3 Å². The van der Waals surface area contributed by atoms with E-state index in [-0.39, 0.29) is 18.4 Å². The van der Waals surface area contributed by atoms with Crippen LogP contribution in [0.15, 0.2) is 76.5 Å². The molecule has 1 heterocycles. The molecule has 0 spiro atoms. The lowest BCUT2D eigenvalue weighted by Crippen LogP contribution is -2.36. The zero-order chi connectivity index (χ0) is 27.8. The monoisotopic (exact) mass is 565 g/mol. The maximum absolute atomic E-state index is 13.8. The number of unbranched alkanes of at least 4 members (excludes halogenated alkanes) is 2. The van der Waals surface area contributed by atoms with E-state index in [0.717, 1.165) is 50.9 Å². The van der Waals surface area contributed by atoms with Crippen molar-refractivity contribution in [2.45, 2.75) is 55.9 Å². The van der Waals surface area contributed by atoms with Crippen molar-refractivity contribution < 1.29 is 13.8 Å². The minimum absolute atomic E-state index is 0.216. The fourth-order valence-electron chi connectivity index (χ4n) is 4.71. The Morgan fingerprint density at radius 2 is 1.67 bits per heavy atom. The summed E-state index contributed by atoms with van der Waals surface area (Å²) < 4.78 is 13.6. The largest absolute Gasteiger partial charge is 0.351 e. The van der Waals surface area contributed by atoms with Crippen molar-refractivity contribution in [1.82, 2.24) is 10.2 Å². The zero-order valence-electron chi connectivity index (χ0n) is 22.6. The van der Waals surface area contributed by atoms with Crippen molar-refractivity contribution in [3.63, 3.8) is 0 Å². The summed E-state index contributed by atoms with van der Waals surface area (Å²) in [6.07, 6.45) is 4.55. The third-order valence-corrected chi connectivity index (χ3v) is 8.61. The first-order chi connectivity index (χ1) is 18.9. The van der Waals surface area contributed by atoms with Crippen LogP contribution in [0.25, 0.3) is 0 Å². The highest BCUT2D eigenvalue weighted by Gasteiger charge is 2.31. The molecule has 0 saturated carbocycles. The average molecular weight is 566 g/mol. The minimum atomic E-state index is -1.58. The summed E-state index contributed by atoms with van der Waals surface area (Å²) in [5, 5.41) is 3.61. The second-order valence-electron chi connectivity index (χ2n) is 9.77. The first-order valence-corrected chi connectivity index (χ1v) is 15.2. The molecule has 8 heteroatoms. The van der Waals surface area contributed by atoms with Gasteiger partial charge in [0.2, 0.25) is 0 Å². The Labute approximate surface area is 238 Å². The summed E-state index contributed by atoms with van der Waals surface area (Å²) >= 11 is 6.22. The molecule has 2 amide bonds. The SMILES string of the molecule is CCCCN(CCCC)CCNC(=O)c1ccc2c(c1)N(Cc1cccc(Cl)c1)C(=O)c1ccccc1S2=O. The van der Waals surface area contributed by atoms with Gasteiger partial charge in [0.25, 0.3) is 11.8 Å². The van der Waals surface area contributed by atoms with Gasteiger partial charge in [0.05, 0.1) is 38.4 Å². The lowest BCUT2D eigenvalue weighted by molar-refractivity contribution is 0.0944. The molecule has 1 unspecified atom stereocenters. The first-order valence-electron chi connectivity index (χ1n) is 13.6. The molecule has 0 bridgehead atoms. The Morgan fingerprint density at radius 3 is 2.38 bits per heavy atom. The molecule has 3 aromatic carbocycles. The van der Waals surface area contributed by atoms with E-state index in [1.807, 2.05) is 18.2 Å². The number of amides is 2. The molecular weight excluding hydrogens is 530 g/mol. The van der Waals surface area contributed by atoms with Gasteiger partial charge in [-0.15, -0.1) is 0 Å². The fourth-order valence-corrected chi connectivity index (χ4v) is 6.27. The summed E-state index contributed by atoms with van der Waals surface area (Å²) in [5.74, 6) is -0.482. The van der Waals surface area contributed by atoms with E-state index < -0.39 is 10.8 Å². The van der Waals surface area contributed by atoms with Crippen LogP contribution < -0.4 is 10.2 Å².